The second-order valence-electron chi connectivity index (χ2n) is 3.46. The van der Waals surface area contributed by atoms with Crippen LogP contribution in [0.4, 0.5) is 0 Å². The topological polar surface area (TPSA) is 85.6 Å². The van der Waals surface area contributed by atoms with Crippen LogP contribution in [0.2, 0.25) is 0 Å². The number of rotatable bonds is 2. The predicted molar refractivity (Wildman–Crippen MR) is 56.2 cm³/mol. The van der Waals surface area contributed by atoms with E-state index >= 15 is 0 Å². The van der Waals surface area contributed by atoms with Gasteiger partial charge in [0.2, 0.25) is 0 Å². The lowest BCUT2D eigenvalue weighted by molar-refractivity contribution is 0.652. The molecule has 0 saturated carbocycles. The SMILES string of the molecule is Cc1nnc(Cn2ccc(=O)[nH]c2=O)n1C. The average molecular weight is 221 g/mol. The number of hydrogen-bond acceptors (Lipinski definition) is 4. The van der Waals surface area contributed by atoms with Crippen LogP contribution in [0.1, 0.15) is 11.6 Å². The number of aromatic nitrogens is 5. The quantitative estimate of drug-likeness (QED) is 0.706. The van der Waals surface area contributed by atoms with Gasteiger partial charge in [0.25, 0.3) is 5.56 Å². The Morgan fingerprint density at radius 3 is 2.69 bits per heavy atom. The van der Waals surface area contributed by atoms with Crippen molar-refractivity contribution >= 4 is 0 Å². The van der Waals surface area contributed by atoms with Crippen molar-refractivity contribution in [2.24, 2.45) is 7.05 Å². The van der Waals surface area contributed by atoms with Crippen LogP contribution in [0.15, 0.2) is 21.9 Å². The summed E-state index contributed by atoms with van der Waals surface area (Å²) in [4.78, 5) is 24.5. The summed E-state index contributed by atoms with van der Waals surface area (Å²) < 4.78 is 3.16. The molecule has 7 nitrogen and oxygen atoms in total. The summed E-state index contributed by atoms with van der Waals surface area (Å²) in [5.41, 5.74) is -0.858. The maximum absolute atomic E-state index is 11.4. The van der Waals surface area contributed by atoms with Crippen molar-refractivity contribution in [1.82, 2.24) is 24.3 Å². The van der Waals surface area contributed by atoms with Gasteiger partial charge in [0, 0.05) is 19.3 Å². The Bertz CT molecular complexity index is 621. The van der Waals surface area contributed by atoms with E-state index in [1.54, 1.807) is 4.57 Å². The zero-order chi connectivity index (χ0) is 11.7. The van der Waals surface area contributed by atoms with Crippen molar-refractivity contribution in [3.63, 3.8) is 0 Å². The largest absolute Gasteiger partial charge is 0.328 e. The van der Waals surface area contributed by atoms with Crippen molar-refractivity contribution in [3.8, 4) is 0 Å². The third-order valence-corrected chi connectivity index (χ3v) is 2.39. The number of nitrogens with zero attached hydrogens (tertiary/aromatic N) is 4. The van der Waals surface area contributed by atoms with Crippen LogP contribution in [-0.4, -0.2) is 24.3 Å². The molecule has 2 aromatic heterocycles. The molecule has 0 aliphatic rings. The monoisotopic (exact) mass is 221 g/mol. The number of aromatic amines is 1. The van der Waals surface area contributed by atoms with Crippen LogP contribution in [0, 0.1) is 6.92 Å². The minimum absolute atomic E-state index is 0.285. The molecule has 0 saturated heterocycles. The van der Waals surface area contributed by atoms with Gasteiger partial charge in [-0.05, 0) is 6.92 Å². The van der Waals surface area contributed by atoms with E-state index < -0.39 is 11.2 Å². The molecular weight excluding hydrogens is 210 g/mol. The second-order valence-corrected chi connectivity index (χ2v) is 3.46. The fourth-order valence-electron chi connectivity index (χ4n) is 1.31. The summed E-state index contributed by atoms with van der Waals surface area (Å²) in [7, 11) is 1.82. The highest BCUT2D eigenvalue weighted by atomic mass is 16.2. The molecule has 0 unspecified atom stereocenters. The van der Waals surface area contributed by atoms with E-state index in [0.29, 0.717) is 5.82 Å². The first-order chi connectivity index (χ1) is 7.58. The van der Waals surface area contributed by atoms with Gasteiger partial charge in [-0.15, -0.1) is 10.2 Å². The lowest BCUT2D eigenvalue weighted by Crippen LogP contribution is -2.29. The van der Waals surface area contributed by atoms with E-state index in [2.05, 4.69) is 15.2 Å². The molecule has 0 atom stereocenters. The maximum atomic E-state index is 11.4. The first kappa shape index (κ1) is 10.3. The van der Waals surface area contributed by atoms with E-state index in [9.17, 15) is 9.59 Å². The molecule has 0 amide bonds. The molecule has 84 valence electrons. The molecule has 0 aromatic carbocycles. The van der Waals surface area contributed by atoms with Gasteiger partial charge in [0.1, 0.15) is 5.82 Å². The second kappa shape index (κ2) is 3.76. The molecule has 7 heteroatoms. The molecule has 0 spiro atoms. The molecule has 2 heterocycles. The smallest absolute Gasteiger partial charge is 0.317 e. The van der Waals surface area contributed by atoms with Gasteiger partial charge < -0.3 is 4.57 Å². The van der Waals surface area contributed by atoms with Gasteiger partial charge in [0.15, 0.2) is 5.82 Å². The molecule has 16 heavy (non-hydrogen) atoms. The van der Waals surface area contributed by atoms with E-state index in [1.165, 1.54) is 16.8 Å². The van der Waals surface area contributed by atoms with Crippen molar-refractivity contribution in [3.05, 3.63) is 44.8 Å². The molecule has 1 N–H and O–H groups in total. The lowest BCUT2D eigenvalue weighted by Gasteiger charge is -2.03. The summed E-state index contributed by atoms with van der Waals surface area (Å²) in [5.74, 6) is 1.43. The Hall–Kier alpha value is -2.18. The van der Waals surface area contributed by atoms with Gasteiger partial charge in [-0.2, -0.15) is 0 Å². The fourth-order valence-corrected chi connectivity index (χ4v) is 1.31. The van der Waals surface area contributed by atoms with Crippen molar-refractivity contribution in [2.75, 3.05) is 0 Å². The zero-order valence-electron chi connectivity index (χ0n) is 8.97. The Morgan fingerprint density at radius 2 is 2.12 bits per heavy atom. The lowest BCUT2D eigenvalue weighted by atomic mass is 10.5. The normalized spacial score (nSPS) is 10.6. The van der Waals surface area contributed by atoms with E-state index in [4.69, 9.17) is 0 Å². The summed E-state index contributed by atoms with van der Waals surface area (Å²) in [5, 5.41) is 7.82. The average Bonchev–Trinajstić information content (AvgIpc) is 2.54. The molecule has 0 aliphatic heterocycles. The minimum Gasteiger partial charge on any atom is -0.317 e. The minimum atomic E-state index is -0.451. The van der Waals surface area contributed by atoms with Crippen molar-refractivity contribution in [2.45, 2.75) is 13.5 Å². The van der Waals surface area contributed by atoms with Gasteiger partial charge in [0.05, 0.1) is 6.54 Å². The van der Waals surface area contributed by atoms with Crippen molar-refractivity contribution < 1.29 is 0 Å². The number of hydrogen-bond donors (Lipinski definition) is 1. The standard InChI is InChI=1S/C9H11N5O2/c1-6-11-12-7(13(6)2)5-14-4-3-8(15)10-9(14)16/h3-4H,5H2,1-2H3,(H,10,15,16). The van der Waals surface area contributed by atoms with Gasteiger partial charge in [-0.25, -0.2) is 4.79 Å². The van der Waals surface area contributed by atoms with E-state index in [0.717, 1.165) is 5.82 Å². The summed E-state index contributed by atoms with van der Waals surface area (Å²) in [6.07, 6.45) is 1.44. The van der Waals surface area contributed by atoms with Crippen molar-refractivity contribution in [1.29, 1.82) is 0 Å². The van der Waals surface area contributed by atoms with Crippen LogP contribution >= 0.6 is 0 Å². The fraction of sp³-hybridized carbons (Fsp3) is 0.333. The molecule has 2 rings (SSSR count). The van der Waals surface area contributed by atoms with Crippen LogP contribution < -0.4 is 11.2 Å². The van der Waals surface area contributed by atoms with Gasteiger partial charge in [-0.1, -0.05) is 0 Å². The highest BCUT2D eigenvalue weighted by Crippen LogP contribution is 1.98. The number of nitrogens with one attached hydrogen (secondary N) is 1. The third-order valence-electron chi connectivity index (χ3n) is 2.39. The predicted octanol–water partition coefficient (Wildman–Crippen LogP) is -0.978. The maximum Gasteiger partial charge on any atom is 0.328 e. The van der Waals surface area contributed by atoms with Crippen LogP contribution in [0.5, 0.6) is 0 Å². The Balaban J connectivity index is 2.38. The third kappa shape index (κ3) is 1.79. The Kier molecular flexibility index (Phi) is 2.43. The first-order valence-corrected chi connectivity index (χ1v) is 4.72. The van der Waals surface area contributed by atoms with Gasteiger partial charge >= 0.3 is 5.69 Å². The number of aryl methyl sites for hydroxylation is 1. The summed E-state index contributed by atoms with van der Waals surface area (Å²) in [6.45, 7) is 2.11. The van der Waals surface area contributed by atoms with Crippen LogP contribution in [-0.2, 0) is 13.6 Å². The highest BCUT2D eigenvalue weighted by Gasteiger charge is 2.06. The van der Waals surface area contributed by atoms with Crippen LogP contribution in [0.25, 0.3) is 0 Å². The van der Waals surface area contributed by atoms with Gasteiger partial charge in [-0.3, -0.25) is 14.3 Å². The molecule has 0 radical (unpaired) electrons. The highest BCUT2D eigenvalue weighted by molar-refractivity contribution is 4.94. The molecule has 0 fully saturated rings. The first-order valence-electron chi connectivity index (χ1n) is 4.72. The molecule has 0 aliphatic carbocycles. The summed E-state index contributed by atoms with van der Waals surface area (Å²) >= 11 is 0. The zero-order valence-corrected chi connectivity index (χ0v) is 8.97. The number of H-pyrrole nitrogens is 1. The Labute approximate surface area is 90.4 Å². The molecule has 0 bridgehead atoms. The molecular formula is C9H11N5O2. The van der Waals surface area contributed by atoms with Crippen LogP contribution in [0.3, 0.4) is 0 Å². The van der Waals surface area contributed by atoms with E-state index in [1.807, 2.05) is 14.0 Å². The summed E-state index contributed by atoms with van der Waals surface area (Å²) in [6, 6.07) is 1.30. The Morgan fingerprint density at radius 1 is 1.38 bits per heavy atom. The molecule has 2 aromatic rings. The van der Waals surface area contributed by atoms with E-state index in [-0.39, 0.29) is 6.54 Å².